The highest BCUT2D eigenvalue weighted by molar-refractivity contribution is 6.02. The maximum atomic E-state index is 13.6. The number of nitrogens with zero attached hydrogens (tertiary/aromatic N) is 2. The van der Waals surface area contributed by atoms with E-state index < -0.39 is 6.10 Å². The van der Waals surface area contributed by atoms with Crippen molar-refractivity contribution >= 4 is 34.2 Å². The minimum atomic E-state index is -1.19. The number of carbonyl (C=O) groups excluding carboxylic acids is 1. The Labute approximate surface area is 340 Å². The molecule has 0 saturated carbocycles. The molecule has 0 amide bonds. The second kappa shape index (κ2) is 22.2. The number of rotatable bonds is 24. The summed E-state index contributed by atoms with van der Waals surface area (Å²) in [5, 5.41) is 11.1. The summed E-state index contributed by atoms with van der Waals surface area (Å²) < 4.78 is 0. The van der Waals surface area contributed by atoms with E-state index in [0.717, 1.165) is 36.9 Å². The summed E-state index contributed by atoms with van der Waals surface area (Å²) in [5.41, 5.74) is 14.2. The molecule has 0 aliphatic carbocycles. The molecule has 1 unspecified atom stereocenters. The van der Waals surface area contributed by atoms with Crippen molar-refractivity contribution in [2.75, 3.05) is 16.8 Å². The SMILES string of the molecule is CCCCCCc1cc2c(cc1CCCCCC)N(c1ccc(C(=O)C(O)c3ccc(C)cc3)cc1)c1cc(CCCCCC)c(CCCCCC)cc1N2C. The number of benzene rings is 4. The second-order valence-corrected chi connectivity index (χ2v) is 16.6. The highest BCUT2D eigenvalue weighted by atomic mass is 16.3. The van der Waals surface area contributed by atoms with E-state index in [0.29, 0.717) is 11.1 Å². The Kier molecular flexibility index (Phi) is 17.1. The minimum Gasteiger partial charge on any atom is -0.380 e. The van der Waals surface area contributed by atoms with Gasteiger partial charge in [0.05, 0.1) is 22.7 Å². The maximum absolute atomic E-state index is 13.6. The van der Waals surface area contributed by atoms with Crippen LogP contribution in [0, 0.1) is 6.92 Å². The van der Waals surface area contributed by atoms with Gasteiger partial charge < -0.3 is 14.9 Å². The quantitative estimate of drug-likeness (QED) is 0.0571. The summed E-state index contributed by atoms with van der Waals surface area (Å²) in [7, 11) is 2.27. The monoisotopic (exact) mass is 757 g/mol. The predicted molar refractivity (Wildman–Crippen MR) is 241 cm³/mol. The Hall–Kier alpha value is -3.89. The molecule has 4 heteroatoms. The van der Waals surface area contributed by atoms with Gasteiger partial charge in [-0.05, 0) is 135 Å². The van der Waals surface area contributed by atoms with E-state index in [1.807, 2.05) is 43.3 Å². The Morgan fingerprint density at radius 1 is 0.518 bits per heavy atom. The lowest BCUT2D eigenvalue weighted by molar-refractivity contribution is 0.0747. The van der Waals surface area contributed by atoms with Crippen molar-refractivity contribution in [1.29, 1.82) is 0 Å². The minimum absolute atomic E-state index is 0.274. The van der Waals surface area contributed by atoms with Crippen molar-refractivity contribution in [3.05, 3.63) is 112 Å². The number of Topliss-reactive ketones (excluding diaryl/α,β-unsaturated/α-hetero) is 1. The zero-order valence-corrected chi connectivity index (χ0v) is 35.9. The van der Waals surface area contributed by atoms with Gasteiger partial charge in [-0.15, -0.1) is 0 Å². The van der Waals surface area contributed by atoms with Crippen LogP contribution in [0.2, 0.25) is 0 Å². The molecule has 4 aromatic rings. The fourth-order valence-corrected chi connectivity index (χ4v) is 8.49. The largest absolute Gasteiger partial charge is 0.380 e. The van der Waals surface area contributed by atoms with E-state index in [2.05, 4.69) is 80.9 Å². The topological polar surface area (TPSA) is 43.8 Å². The van der Waals surface area contributed by atoms with Gasteiger partial charge >= 0.3 is 0 Å². The molecule has 0 aromatic heterocycles. The molecular weight excluding hydrogens is 685 g/mol. The number of carbonyl (C=O) groups is 1. The molecule has 1 heterocycles. The summed E-state index contributed by atoms with van der Waals surface area (Å²) in [5.74, 6) is -0.274. The van der Waals surface area contributed by atoms with Crippen molar-refractivity contribution < 1.29 is 9.90 Å². The summed E-state index contributed by atoms with van der Waals surface area (Å²) >= 11 is 0. The van der Waals surface area contributed by atoms with E-state index in [9.17, 15) is 9.90 Å². The number of fused-ring (bicyclic) bond motifs is 2. The van der Waals surface area contributed by atoms with Gasteiger partial charge in [0.2, 0.25) is 0 Å². The molecule has 302 valence electrons. The molecule has 0 fully saturated rings. The smallest absolute Gasteiger partial charge is 0.195 e. The molecule has 0 bridgehead atoms. The van der Waals surface area contributed by atoms with Gasteiger partial charge in [-0.25, -0.2) is 0 Å². The van der Waals surface area contributed by atoms with Crippen LogP contribution in [-0.4, -0.2) is 17.9 Å². The molecule has 0 radical (unpaired) electrons. The molecule has 4 nitrogen and oxygen atoms in total. The summed E-state index contributed by atoms with van der Waals surface area (Å²) in [6.07, 6.45) is 23.4. The van der Waals surface area contributed by atoms with E-state index in [1.165, 1.54) is 148 Å². The van der Waals surface area contributed by atoms with Gasteiger partial charge in [0.1, 0.15) is 6.10 Å². The van der Waals surface area contributed by atoms with Crippen molar-refractivity contribution in [2.45, 2.75) is 169 Å². The van der Waals surface area contributed by atoms with Gasteiger partial charge in [0, 0.05) is 18.3 Å². The average molecular weight is 757 g/mol. The fraction of sp³-hybridized carbons (Fsp3) is 0.519. The predicted octanol–water partition coefficient (Wildman–Crippen LogP) is 15.0. The van der Waals surface area contributed by atoms with Gasteiger partial charge in [0.15, 0.2) is 5.78 Å². The molecule has 4 aromatic carbocycles. The number of anilines is 5. The van der Waals surface area contributed by atoms with Crippen LogP contribution in [0.25, 0.3) is 0 Å². The molecule has 1 aliphatic rings. The van der Waals surface area contributed by atoms with E-state index in [1.54, 1.807) is 0 Å². The molecule has 0 saturated heterocycles. The van der Waals surface area contributed by atoms with Gasteiger partial charge in [-0.2, -0.15) is 0 Å². The molecular formula is C52H72N2O2. The lowest BCUT2D eigenvalue weighted by Gasteiger charge is -2.40. The maximum Gasteiger partial charge on any atom is 0.195 e. The summed E-state index contributed by atoms with van der Waals surface area (Å²) in [6.45, 7) is 11.2. The van der Waals surface area contributed by atoms with E-state index >= 15 is 0 Å². The highest BCUT2D eigenvalue weighted by Crippen LogP contribution is 2.53. The Morgan fingerprint density at radius 3 is 1.27 bits per heavy atom. The first kappa shape index (κ1) is 43.2. The second-order valence-electron chi connectivity index (χ2n) is 16.6. The fourth-order valence-electron chi connectivity index (χ4n) is 8.49. The normalized spacial score (nSPS) is 12.8. The number of hydrogen-bond acceptors (Lipinski definition) is 4. The number of hydrogen-bond donors (Lipinski definition) is 1. The van der Waals surface area contributed by atoms with Crippen molar-refractivity contribution in [3.8, 4) is 0 Å². The van der Waals surface area contributed by atoms with Crippen LogP contribution in [0.3, 0.4) is 0 Å². The Balaban J connectivity index is 1.61. The van der Waals surface area contributed by atoms with Gasteiger partial charge in [-0.1, -0.05) is 135 Å². The molecule has 1 atom stereocenters. The van der Waals surface area contributed by atoms with Crippen LogP contribution in [-0.2, 0) is 25.7 Å². The van der Waals surface area contributed by atoms with E-state index in [-0.39, 0.29) is 5.78 Å². The number of aliphatic hydroxyl groups is 1. The van der Waals surface area contributed by atoms with Crippen LogP contribution in [0.1, 0.15) is 180 Å². The number of aliphatic hydroxyl groups excluding tert-OH is 1. The van der Waals surface area contributed by atoms with Crippen LogP contribution in [0.5, 0.6) is 0 Å². The summed E-state index contributed by atoms with van der Waals surface area (Å²) in [6, 6.07) is 25.6. The third-order valence-electron chi connectivity index (χ3n) is 12.0. The third-order valence-corrected chi connectivity index (χ3v) is 12.0. The van der Waals surface area contributed by atoms with Crippen LogP contribution in [0.4, 0.5) is 28.4 Å². The van der Waals surface area contributed by atoms with Crippen molar-refractivity contribution in [3.63, 3.8) is 0 Å². The number of aryl methyl sites for hydroxylation is 5. The molecule has 5 rings (SSSR count). The first-order valence-corrected chi connectivity index (χ1v) is 22.5. The highest BCUT2D eigenvalue weighted by Gasteiger charge is 2.31. The molecule has 0 spiro atoms. The number of ketones is 1. The number of unbranched alkanes of at least 4 members (excludes halogenated alkanes) is 12. The average Bonchev–Trinajstić information content (AvgIpc) is 3.21. The Bertz CT molecular complexity index is 1730. The Morgan fingerprint density at radius 2 is 0.893 bits per heavy atom. The van der Waals surface area contributed by atoms with Crippen molar-refractivity contribution in [2.24, 2.45) is 0 Å². The van der Waals surface area contributed by atoms with Crippen LogP contribution < -0.4 is 9.80 Å². The third kappa shape index (κ3) is 11.2. The zero-order valence-electron chi connectivity index (χ0n) is 35.9. The van der Waals surface area contributed by atoms with Crippen molar-refractivity contribution in [1.82, 2.24) is 0 Å². The van der Waals surface area contributed by atoms with Crippen LogP contribution >= 0.6 is 0 Å². The van der Waals surface area contributed by atoms with E-state index in [4.69, 9.17) is 0 Å². The zero-order chi connectivity index (χ0) is 39.9. The first-order chi connectivity index (χ1) is 27.3. The summed E-state index contributed by atoms with van der Waals surface area (Å²) in [4.78, 5) is 18.5. The molecule has 56 heavy (non-hydrogen) atoms. The lowest BCUT2D eigenvalue weighted by Crippen LogP contribution is -2.25. The van der Waals surface area contributed by atoms with Gasteiger partial charge in [-0.3, -0.25) is 4.79 Å². The standard InChI is InChI=1S/C52H72N2O2/c1-7-11-15-19-23-42-35-47-49(37-44(42)25-21-17-13-9-3)54(46-33-31-41(32-34-46)52(56)51(55)40-29-27-39(5)28-30-40)50-38-45(26-22-18-14-10-4)43(24-20-16-12-8-2)36-48(50)53(47)6/h27-38,51,55H,7-26H2,1-6H3. The first-order valence-electron chi connectivity index (χ1n) is 22.5. The molecule has 1 aliphatic heterocycles. The molecule has 1 N–H and O–H groups in total. The van der Waals surface area contributed by atoms with Gasteiger partial charge in [0.25, 0.3) is 0 Å². The lowest BCUT2D eigenvalue weighted by atomic mass is 9.91. The van der Waals surface area contributed by atoms with Crippen LogP contribution in [0.15, 0.2) is 72.8 Å².